The number of unbranched alkanes of at least 4 members (excludes halogenated alkanes) is 20. The molecule has 0 bridgehead atoms. The normalized spacial score (nSPS) is 11.8. The summed E-state index contributed by atoms with van der Waals surface area (Å²) in [6, 6.07) is 18.8. The fourth-order valence-electron chi connectivity index (χ4n) is 8.66. The van der Waals surface area contributed by atoms with Gasteiger partial charge in [0.15, 0.2) is 0 Å². The van der Waals surface area contributed by atoms with Gasteiger partial charge in [0.2, 0.25) is 0 Å². The van der Waals surface area contributed by atoms with Crippen LogP contribution in [-0.4, -0.2) is 74.8 Å². The van der Waals surface area contributed by atoms with E-state index in [2.05, 4.69) is 52.0 Å². The molecular formula is C52H78BaO6S2. The Morgan fingerprint density at radius 1 is 0.344 bits per heavy atom. The third kappa shape index (κ3) is 20.2. The molecule has 61 heavy (non-hydrogen) atoms. The minimum absolute atomic E-state index is 0. The van der Waals surface area contributed by atoms with Crippen LogP contribution in [0.25, 0.3) is 21.5 Å². The first-order valence-electron chi connectivity index (χ1n) is 24.0. The van der Waals surface area contributed by atoms with Crippen LogP contribution >= 0.6 is 0 Å². The quantitative estimate of drug-likeness (QED) is 0.0292. The zero-order chi connectivity index (χ0) is 43.6. The molecule has 0 atom stereocenters. The second-order valence-electron chi connectivity index (χ2n) is 17.1. The fraction of sp³-hybridized carbons (Fsp3) is 0.615. The van der Waals surface area contributed by atoms with E-state index in [1.54, 1.807) is 12.1 Å². The van der Waals surface area contributed by atoms with E-state index >= 15 is 0 Å². The van der Waals surface area contributed by atoms with Gasteiger partial charge in [-0.3, -0.25) is 0 Å². The van der Waals surface area contributed by atoms with Crippen molar-refractivity contribution in [3.8, 4) is 0 Å². The van der Waals surface area contributed by atoms with Crippen molar-refractivity contribution in [2.24, 2.45) is 0 Å². The minimum Gasteiger partial charge on any atom is -0.744 e. The van der Waals surface area contributed by atoms with Crippen LogP contribution in [0.2, 0.25) is 0 Å². The molecule has 4 aromatic rings. The van der Waals surface area contributed by atoms with E-state index in [-0.39, 0.29) is 58.7 Å². The molecule has 0 unspecified atom stereocenters. The SMILES string of the molecule is CCCCCCCCc1ccc(CCCCCCCC)c2c(S(=O)(=O)[O-])cccc12.CCCCCCCCc1ccc(CCCCCCCC)c2c(S(=O)(=O)[O-])cccc12.[Ba+2]. The average molecular weight is 1000 g/mol. The Hall–Kier alpha value is -1.21. The maximum Gasteiger partial charge on any atom is 2.00 e. The standard InChI is InChI=1S/2C26H40O3S.Ba/c2*1-3-5-7-9-11-13-16-22-20-21-23(17-14-12-10-8-6-4-2)26-24(22)18-15-19-25(26)30(27,28)29;/h2*15,18-21H,3-14,16-17H2,1-2H3,(H,27,28,29);/q;;+2/p-2. The van der Waals surface area contributed by atoms with E-state index < -0.39 is 20.2 Å². The van der Waals surface area contributed by atoms with E-state index in [1.807, 2.05) is 12.1 Å². The van der Waals surface area contributed by atoms with Gasteiger partial charge in [0.25, 0.3) is 0 Å². The fourth-order valence-corrected chi connectivity index (χ4v) is 10.1. The summed E-state index contributed by atoms with van der Waals surface area (Å²) in [6.45, 7) is 8.87. The van der Waals surface area contributed by atoms with Gasteiger partial charge in [-0.2, -0.15) is 0 Å². The van der Waals surface area contributed by atoms with Crippen molar-refractivity contribution in [3.05, 3.63) is 82.9 Å². The van der Waals surface area contributed by atoms with Gasteiger partial charge >= 0.3 is 48.9 Å². The number of hydrogen-bond donors (Lipinski definition) is 0. The van der Waals surface area contributed by atoms with E-state index in [9.17, 15) is 25.9 Å². The predicted octanol–water partition coefficient (Wildman–Crippen LogP) is 14.7. The van der Waals surface area contributed by atoms with Crippen LogP contribution in [0.15, 0.2) is 70.5 Å². The summed E-state index contributed by atoms with van der Waals surface area (Å²) in [5.41, 5.74) is 4.33. The molecule has 6 nitrogen and oxygen atoms in total. The van der Waals surface area contributed by atoms with Gasteiger partial charge < -0.3 is 9.11 Å². The number of hydrogen-bond acceptors (Lipinski definition) is 6. The Kier molecular flexibility index (Phi) is 29.0. The molecule has 0 heterocycles. The first-order valence-corrected chi connectivity index (χ1v) is 26.8. The van der Waals surface area contributed by atoms with Crippen molar-refractivity contribution in [3.63, 3.8) is 0 Å². The van der Waals surface area contributed by atoms with Crippen LogP contribution in [0, 0.1) is 0 Å². The van der Waals surface area contributed by atoms with Gasteiger partial charge in [-0.1, -0.05) is 205 Å². The Morgan fingerprint density at radius 2 is 0.590 bits per heavy atom. The molecule has 0 radical (unpaired) electrons. The summed E-state index contributed by atoms with van der Waals surface area (Å²) in [7, 11) is -8.99. The Balaban J connectivity index is 0.000000413. The van der Waals surface area contributed by atoms with Gasteiger partial charge in [-0.05, 0) is 96.5 Å². The third-order valence-electron chi connectivity index (χ3n) is 12.1. The number of fused-ring (bicyclic) bond motifs is 2. The van der Waals surface area contributed by atoms with Crippen molar-refractivity contribution in [1.29, 1.82) is 0 Å². The summed E-state index contributed by atoms with van der Waals surface area (Å²) < 4.78 is 71.8. The van der Waals surface area contributed by atoms with Gasteiger partial charge in [0.05, 0.1) is 9.79 Å². The number of rotatable bonds is 30. The molecule has 4 rings (SSSR count). The summed E-state index contributed by atoms with van der Waals surface area (Å²) in [6.07, 6.45) is 32.6. The van der Waals surface area contributed by atoms with Crippen LogP contribution in [-0.2, 0) is 45.9 Å². The number of aryl methyl sites for hydroxylation is 4. The Bertz CT molecular complexity index is 1900. The smallest absolute Gasteiger partial charge is 0.744 e. The van der Waals surface area contributed by atoms with Gasteiger partial charge in [0, 0.05) is 10.8 Å². The average Bonchev–Trinajstić information content (AvgIpc) is 3.23. The zero-order valence-electron chi connectivity index (χ0n) is 38.5. The van der Waals surface area contributed by atoms with Crippen LogP contribution in [0.5, 0.6) is 0 Å². The molecule has 0 fully saturated rings. The predicted molar refractivity (Wildman–Crippen MR) is 258 cm³/mol. The molecule has 0 aromatic heterocycles. The largest absolute Gasteiger partial charge is 2.00 e. The monoisotopic (exact) mass is 1000 g/mol. The van der Waals surface area contributed by atoms with E-state index in [0.717, 1.165) is 97.2 Å². The Labute approximate surface area is 412 Å². The zero-order valence-corrected chi connectivity index (χ0v) is 44.6. The molecule has 4 aromatic carbocycles. The summed E-state index contributed by atoms with van der Waals surface area (Å²) >= 11 is 0. The number of benzene rings is 4. The van der Waals surface area contributed by atoms with Gasteiger partial charge in [-0.15, -0.1) is 0 Å². The maximum atomic E-state index is 12.0. The second kappa shape index (κ2) is 31.6. The van der Waals surface area contributed by atoms with E-state index in [4.69, 9.17) is 0 Å². The molecule has 0 N–H and O–H groups in total. The molecule has 0 spiro atoms. The first-order chi connectivity index (χ1) is 29.0. The van der Waals surface area contributed by atoms with Crippen LogP contribution in [0.4, 0.5) is 0 Å². The molecular weight excluding hydrogens is 922 g/mol. The van der Waals surface area contributed by atoms with Crippen molar-refractivity contribution in [2.45, 2.75) is 217 Å². The molecule has 0 aliphatic rings. The molecule has 0 aliphatic heterocycles. The molecule has 0 saturated heterocycles. The molecule has 9 heteroatoms. The molecule has 336 valence electrons. The van der Waals surface area contributed by atoms with E-state index in [1.165, 1.54) is 128 Å². The summed E-state index contributed by atoms with van der Waals surface area (Å²) in [4.78, 5) is -0.100. The van der Waals surface area contributed by atoms with Crippen LogP contribution < -0.4 is 0 Å². The van der Waals surface area contributed by atoms with Crippen LogP contribution in [0.3, 0.4) is 0 Å². The van der Waals surface area contributed by atoms with Crippen molar-refractivity contribution < 1.29 is 25.9 Å². The molecule has 0 aliphatic carbocycles. The van der Waals surface area contributed by atoms with Crippen molar-refractivity contribution >= 4 is 90.7 Å². The first kappa shape index (κ1) is 55.9. The summed E-state index contributed by atoms with van der Waals surface area (Å²) in [5, 5.41) is 3.24. The van der Waals surface area contributed by atoms with Crippen LogP contribution in [0.1, 0.15) is 204 Å². The van der Waals surface area contributed by atoms with Crippen molar-refractivity contribution in [2.75, 3.05) is 0 Å². The summed E-state index contributed by atoms with van der Waals surface area (Å²) in [5.74, 6) is 0. The van der Waals surface area contributed by atoms with E-state index in [0.29, 0.717) is 10.8 Å². The maximum absolute atomic E-state index is 12.0. The topological polar surface area (TPSA) is 114 Å². The Morgan fingerprint density at radius 3 is 0.869 bits per heavy atom. The molecule has 0 saturated carbocycles. The van der Waals surface area contributed by atoms with Gasteiger partial charge in [-0.25, -0.2) is 16.8 Å². The van der Waals surface area contributed by atoms with Crippen molar-refractivity contribution in [1.82, 2.24) is 0 Å². The van der Waals surface area contributed by atoms with Gasteiger partial charge in [0.1, 0.15) is 20.2 Å². The third-order valence-corrected chi connectivity index (χ3v) is 13.9. The second-order valence-corrected chi connectivity index (χ2v) is 19.8. The minimum atomic E-state index is -4.50. The molecule has 0 amide bonds.